The molecule has 0 fully saturated rings. The predicted octanol–water partition coefficient (Wildman–Crippen LogP) is 2.60. The molecule has 0 radical (unpaired) electrons. The molecule has 0 amide bonds. The first-order valence-electron chi connectivity index (χ1n) is 7.83. The number of rotatable bonds is 9. The lowest BCUT2D eigenvalue weighted by Crippen LogP contribution is -2.16. The fourth-order valence-electron chi connectivity index (χ4n) is 2.17. The number of ether oxygens (including phenoxy) is 2. The molecule has 0 saturated heterocycles. The minimum absolute atomic E-state index is 0.528. The van der Waals surface area contributed by atoms with Gasteiger partial charge in [0.2, 0.25) is 5.95 Å². The lowest BCUT2D eigenvalue weighted by molar-refractivity contribution is 0.355. The second-order valence-electron chi connectivity index (χ2n) is 5.54. The summed E-state index contributed by atoms with van der Waals surface area (Å²) in [6.45, 7) is 1.90. The summed E-state index contributed by atoms with van der Waals surface area (Å²) in [5.41, 5.74) is 0.831. The van der Waals surface area contributed by atoms with E-state index in [0.29, 0.717) is 17.4 Å². The first-order valence-corrected chi connectivity index (χ1v) is 7.83. The summed E-state index contributed by atoms with van der Waals surface area (Å²) in [5.74, 6) is 2.66. The molecule has 1 heterocycles. The lowest BCUT2D eigenvalue weighted by atomic mass is 10.3. The van der Waals surface area contributed by atoms with Gasteiger partial charge < -0.3 is 25.0 Å². The number of methoxy groups -OCH3 is 2. The molecule has 7 heteroatoms. The van der Waals surface area contributed by atoms with Gasteiger partial charge in [0, 0.05) is 24.5 Å². The van der Waals surface area contributed by atoms with Crippen molar-refractivity contribution in [3.05, 3.63) is 30.5 Å². The van der Waals surface area contributed by atoms with Crippen LogP contribution in [0.2, 0.25) is 0 Å². The molecule has 0 saturated carbocycles. The number of anilines is 3. The van der Waals surface area contributed by atoms with Gasteiger partial charge in [0.1, 0.15) is 5.82 Å². The van der Waals surface area contributed by atoms with Gasteiger partial charge >= 0.3 is 0 Å². The van der Waals surface area contributed by atoms with Gasteiger partial charge in [0.05, 0.1) is 14.2 Å². The van der Waals surface area contributed by atoms with Crippen molar-refractivity contribution in [2.24, 2.45) is 0 Å². The van der Waals surface area contributed by atoms with Gasteiger partial charge in [-0.3, -0.25) is 0 Å². The number of nitrogens with zero attached hydrogens (tertiary/aromatic N) is 3. The molecular formula is C17H25N5O2. The molecule has 0 spiro atoms. The molecular weight excluding hydrogens is 306 g/mol. The standard InChI is InChI=1S/C17H25N5O2/c1-22(2)11-5-9-18-16-8-10-19-17(21-16)20-13-6-7-14(23-3)15(12-13)24-4/h6-8,10,12H,5,9,11H2,1-4H3,(H2,18,19,20,21). The molecule has 0 aliphatic carbocycles. The summed E-state index contributed by atoms with van der Waals surface area (Å²) < 4.78 is 10.5. The fourth-order valence-corrected chi connectivity index (χ4v) is 2.17. The number of hydrogen-bond donors (Lipinski definition) is 2. The van der Waals surface area contributed by atoms with Gasteiger partial charge in [-0.2, -0.15) is 4.98 Å². The topological polar surface area (TPSA) is 71.5 Å². The minimum atomic E-state index is 0.528. The van der Waals surface area contributed by atoms with Crippen LogP contribution in [0.15, 0.2) is 30.5 Å². The van der Waals surface area contributed by atoms with Crippen LogP contribution in [0.25, 0.3) is 0 Å². The molecule has 2 N–H and O–H groups in total. The molecule has 0 unspecified atom stereocenters. The van der Waals surface area contributed by atoms with E-state index in [1.807, 2.05) is 24.3 Å². The fraction of sp³-hybridized carbons (Fsp3) is 0.412. The summed E-state index contributed by atoms with van der Waals surface area (Å²) in [4.78, 5) is 10.9. The zero-order valence-electron chi connectivity index (χ0n) is 14.7. The maximum absolute atomic E-state index is 5.30. The van der Waals surface area contributed by atoms with E-state index >= 15 is 0 Å². The largest absolute Gasteiger partial charge is 0.493 e. The van der Waals surface area contributed by atoms with Crippen LogP contribution in [0, 0.1) is 0 Å². The molecule has 7 nitrogen and oxygen atoms in total. The van der Waals surface area contributed by atoms with Gasteiger partial charge in [-0.25, -0.2) is 4.98 Å². The highest BCUT2D eigenvalue weighted by molar-refractivity contribution is 5.60. The van der Waals surface area contributed by atoms with Crippen molar-refractivity contribution < 1.29 is 9.47 Å². The number of nitrogens with one attached hydrogen (secondary N) is 2. The predicted molar refractivity (Wildman–Crippen MR) is 96.5 cm³/mol. The normalized spacial score (nSPS) is 10.5. The van der Waals surface area contributed by atoms with Crippen molar-refractivity contribution in [2.75, 3.05) is 52.0 Å². The number of hydrogen-bond acceptors (Lipinski definition) is 7. The summed E-state index contributed by atoms with van der Waals surface area (Å²) in [6, 6.07) is 7.43. The smallest absolute Gasteiger partial charge is 0.229 e. The second-order valence-corrected chi connectivity index (χ2v) is 5.54. The Kier molecular flexibility index (Phi) is 6.62. The Hall–Kier alpha value is -2.54. The van der Waals surface area contributed by atoms with Gasteiger partial charge in [-0.05, 0) is 45.3 Å². The second kappa shape index (κ2) is 8.93. The van der Waals surface area contributed by atoms with Gasteiger partial charge in [0.15, 0.2) is 11.5 Å². The Balaban J connectivity index is 1.99. The zero-order valence-corrected chi connectivity index (χ0v) is 14.7. The van der Waals surface area contributed by atoms with Crippen molar-refractivity contribution in [3.63, 3.8) is 0 Å². The van der Waals surface area contributed by atoms with Crippen LogP contribution in [0.3, 0.4) is 0 Å². The maximum atomic E-state index is 5.30. The van der Waals surface area contributed by atoms with E-state index in [0.717, 1.165) is 31.0 Å². The molecule has 0 atom stereocenters. The maximum Gasteiger partial charge on any atom is 0.229 e. The molecule has 1 aromatic heterocycles. The zero-order chi connectivity index (χ0) is 17.4. The van der Waals surface area contributed by atoms with E-state index in [9.17, 15) is 0 Å². The summed E-state index contributed by atoms with van der Waals surface area (Å²) >= 11 is 0. The van der Waals surface area contributed by atoms with E-state index in [-0.39, 0.29) is 0 Å². The average Bonchev–Trinajstić information content (AvgIpc) is 2.59. The molecule has 130 valence electrons. The number of benzene rings is 1. The summed E-state index contributed by atoms with van der Waals surface area (Å²) in [6.07, 6.45) is 2.78. The van der Waals surface area contributed by atoms with Crippen LogP contribution >= 0.6 is 0 Å². The monoisotopic (exact) mass is 331 g/mol. The Morgan fingerprint density at radius 2 is 1.88 bits per heavy atom. The molecule has 0 aliphatic rings. The van der Waals surface area contributed by atoms with Crippen LogP contribution in [-0.2, 0) is 0 Å². The quantitative estimate of drug-likeness (QED) is 0.684. The first-order chi connectivity index (χ1) is 11.6. The van der Waals surface area contributed by atoms with Crippen LogP contribution < -0.4 is 20.1 Å². The van der Waals surface area contributed by atoms with Gasteiger partial charge in [-0.15, -0.1) is 0 Å². The molecule has 0 bridgehead atoms. The third-order valence-electron chi connectivity index (χ3n) is 3.38. The van der Waals surface area contributed by atoms with Crippen molar-refractivity contribution in [1.82, 2.24) is 14.9 Å². The van der Waals surface area contributed by atoms with E-state index in [1.165, 1.54) is 0 Å². The van der Waals surface area contributed by atoms with E-state index in [4.69, 9.17) is 9.47 Å². The first kappa shape index (κ1) is 17.8. The minimum Gasteiger partial charge on any atom is -0.493 e. The highest BCUT2D eigenvalue weighted by Gasteiger charge is 2.06. The lowest BCUT2D eigenvalue weighted by Gasteiger charge is -2.12. The number of aromatic nitrogens is 2. The van der Waals surface area contributed by atoms with E-state index in [1.54, 1.807) is 20.4 Å². The third-order valence-corrected chi connectivity index (χ3v) is 3.38. The van der Waals surface area contributed by atoms with Crippen LogP contribution in [-0.4, -0.2) is 56.3 Å². The Bertz CT molecular complexity index is 649. The Labute approximate surface area is 143 Å². The van der Waals surface area contributed by atoms with Crippen molar-refractivity contribution in [3.8, 4) is 11.5 Å². The summed E-state index contributed by atoms with van der Waals surface area (Å²) in [5, 5.41) is 6.48. The van der Waals surface area contributed by atoms with Crippen molar-refractivity contribution in [2.45, 2.75) is 6.42 Å². The highest BCUT2D eigenvalue weighted by Crippen LogP contribution is 2.30. The molecule has 1 aromatic carbocycles. The molecule has 0 aliphatic heterocycles. The molecule has 2 aromatic rings. The van der Waals surface area contributed by atoms with Crippen LogP contribution in [0.5, 0.6) is 11.5 Å². The Morgan fingerprint density at radius 1 is 1.08 bits per heavy atom. The van der Waals surface area contributed by atoms with E-state index < -0.39 is 0 Å². The van der Waals surface area contributed by atoms with Crippen LogP contribution in [0.4, 0.5) is 17.5 Å². The molecule has 2 rings (SSSR count). The van der Waals surface area contributed by atoms with Gasteiger partial charge in [0.25, 0.3) is 0 Å². The van der Waals surface area contributed by atoms with E-state index in [2.05, 4.69) is 39.6 Å². The highest BCUT2D eigenvalue weighted by atomic mass is 16.5. The molecule has 24 heavy (non-hydrogen) atoms. The van der Waals surface area contributed by atoms with Crippen LogP contribution in [0.1, 0.15) is 6.42 Å². The van der Waals surface area contributed by atoms with Crippen molar-refractivity contribution in [1.29, 1.82) is 0 Å². The third kappa shape index (κ3) is 5.27. The summed E-state index contributed by atoms with van der Waals surface area (Å²) in [7, 11) is 7.35. The van der Waals surface area contributed by atoms with Gasteiger partial charge in [-0.1, -0.05) is 0 Å². The Morgan fingerprint density at radius 3 is 2.58 bits per heavy atom. The SMILES string of the molecule is COc1ccc(Nc2nccc(NCCCN(C)C)n2)cc1OC. The van der Waals surface area contributed by atoms with Crippen molar-refractivity contribution >= 4 is 17.5 Å². The average molecular weight is 331 g/mol.